The molecule has 0 aliphatic heterocycles. The molecule has 0 saturated carbocycles. The molecule has 0 spiro atoms. The smallest absolute Gasteiger partial charge is 0.375 e. The summed E-state index contributed by atoms with van der Waals surface area (Å²) in [5, 5.41) is 0. The molecule has 0 amide bonds. The second-order valence-electron chi connectivity index (χ2n) is 5.59. The lowest BCUT2D eigenvalue weighted by molar-refractivity contribution is -0.156. The molecule has 122 valence electrons. The molecule has 5 heteroatoms. The van der Waals surface area contributed by atoms with E-state index in [4.69, 9.17) is 13.9 Å². The quantitative estimate of drug-likeness (QED) is 0.730. The van der Waals surface area contributed by atoms with Crippen molar-refractivity contribution in [3.05, 3.63) is 60.1 Å². The van der Waals surface area contributed by atoms with E-state index in [1.54, 1.807) is 6.07 Å². The Balaban J connectivity index is 1.96. The molecule has 1 heterocycles. The standard InChI is InChI=1S/C18H20O5/c1-13(2)11-16(23-18(20)15-9-6-10-21-15)17(19)22-12-14-7-4-3-5-8-14/h3-10,13,16H,11-12H2,1-2H3/t16-/m1/s1. The van der Waals surface area contributed by atoms with E-state index in [0.717, 1.165) is 5.56 Å². The first-order chi connectivity index (χ1) is 11.1. The van der Waals surface area contributed by atoms with Crippen molar-refractivity contribution in [3.63, 3.8) is 0 Å². The molecule has 23 heavy (non-hydrogen) atoms. The number of carbonyl (C=O) groups is 2. The number of benzene rings is 1. The lowest BCUT2D eigenvalue weighted by atomic mass is 10.1. The number of carbonyl (C=O) groups excluding carboxylic acids is 2. The molecule has 0 N–H and O–H groups in total. The second-order valence-corrected chi connectivity index (χ2v) is 5.59. The van der Waals surface area contributed by atoms with Crippen LogP contribution in [0.5, 0.6) is 0 Å². The van der Waals surface area contributed by atoms with Gasteiger partial charge < -0.3 is 13.9 Å². The maximum atomic E-state index is 12.2. The van der Waals surface area contributed by atoms with E-state index in [9.17, 15) is 9.59 Å². The van der Waals surface area contributed by atoms with Crippen LogP contribution < -0.4 is 0 Å². The highest BCUT2D eigenvalue weighted by molar-refractivity contribution is 5.88. The van der Waals surface area contributed by atoms with Crippen LogP contribution in [-0.4, -0.2) is 18.0 Å². The summed E-state index contributed by atoms with van der Waals surface area (Å²) in [5.74, 6) is -0.983. The van der Waals surface area contributed by atoms with Gasteiger partial charge in [-0.05, 0) is 30.0 Å². The van der Waals surface area contributed by atoms with E-state index in [1.807, 2.05) is 44.2 Å². The first-order valence-electron chi connectivity index (χ1n) is 7.51. The van der Waals surface area contributed by atoms with Gasteiger partial charge in [0.2, 0.25) is 5.76 Å². The SMILES string of the molecule is CC(C)C[C@@H](OC(=O)c1ccco1)C(=O)OCc1ccccc1. The predicted molar refractivity (Wildman–Crippen MR) is 83.6 cm³/mol. The Labute approximate surface area is 135 Å². The van der Waals surface area contributed by atoms with E-state index in [0.29, 0.717) is 6.42 Å². The largest absolute Gasteiger partial charge is 0.458 e. The lowest BCUT2D eigenvalue weighted by Crippen LogP contribution is -2.30. The number of ether oxygens (including phenoxy) is 2. The van der Waals surface area contributed by atoms with Crippen LogP contribution >= 0.6 is 0 Å². The van der Waals surface area contributed by atoms with Gasteiger partial charge in [0.25, 0.3) is 0 Å². The Bertz CT molecular complexity index is 616. The Morgan fingerprint density at radius 3 is 2.43 bits per heavy atom. The van der Waals surface area contributed by atoms with Gasteiger partial charge >= 0.3 is 11.9 Å². The summed E-state index contributed by atoms with van der Waals surface area (Å²) in [5.41, 5.74) is 0.876. The molecule has 0 aliphatic rings. The van der Waals surface area contributed by atoms with Crippen LogP contribution in [0.15, 0.2) is 53.1 Å². The molecule has 2 rings (SSSR count). The maximum Gasteiger partial charge on any atom is 0.375 e. The Hall–Kier alpha value is -2.56. The minimum Gasteiger partial charge on any atom is -0.458 e. The summed E-state index contributed by atoms with van der Waals surface area (Å²) in [7, 11) is 0. The summed E-state index contributed by atoms with van der Waals surface area (Å²) in [6.07, 6.45) is 0.818. The first-order valence-corrected chi connectivity index (χ1v) is 7.51. The van der Waals surface area contributed by atoms with Gasteiger partial charge in [0.15, 0.2) is 6.10 Å². The Kier molecular flexibility index (Phi) is 5.97. The second kappa shape index (κ2) is 8.17. The number of hydrogen-bond donors (Lipinski definition) is 0. The molecule has 2 aromatic rings. The van der Waals surface area contributed by atoms with E-state index in [2.05, 4.69) is 0 Å². The van der Waals surface area contributed by atoms with Crippen molar-refractivity contribution < 1.29 is 23.5 Å². The molecular formula is C18H20O5. The van der Waals surface area contributed by atoms with Gasteiger partial charge in [-0.1, -0.05) is 44.2 Å². The number of esters is 2. The third kappa shape index (κ3) is 5.29. The summed E-state index contributed by atoms with van der Waals surface area (Å²) in [6.45, 7) is 4.03. The molecule has 0 radical (unpaired) electrons. The van der Waals surface area contributed by atoms with Crippen molar-refractivity contribution in [3.8, 4) is 0 Å². The number of rotatable bonds is 7. The monoisotopic (exact) mass is 316 g/mol. The molecule has 0 saturated heterocycles. The van der Waals surface area contributed by atoms with Crippen LogP contribution in [-0.2, 0) is 20.9 Å². The molecule has 0 fully saturated rings. The zero-order valence-electron chi connectivity index (χ0n) is 13.2. The summed E-state index contributed by atoms with van der Waals surface area (Å²) in [6, 6.07) is 12.4. The molecular weight excluding hydrogens is 296 g/mol. The molecule has 0 aliphatic carbocycles. The van der Waals surface area contributed by atoms with Gasteiger partial charge in [-0.3, -0.25) is 0 Å². The van der Waals surface area contributed by atoms with Gasteiger partial charge in [-0.2, -0.15) is 0 Å². The van der Waals surface area contributed by atoms with Crippen LogP contribution in [0.3, 0.4) is 0 Å². The Morgan fingerprint density at radius 2 is 1.83 bits per heavy atom. The fraction of sp³-hybridized carbons (Fsp3) is 0.333. The fourth-order valence-corrected chi connectivity index (χ4v) is 2.02. The number of hydrogen-bond acceptors (Lipinski definition) is 5. The summed E-state index contributed by atoms with van der Waals surface area (Å²) >= 11 is 0. The highest BCUT2D eigenvalue weighted by atomic mass is 16.6. The van der Waals surface area contributed by atoms with E-state index in [1.165, 1.54) is 12.3 Å². The highest BCUT2D eigenvalue weighted by Gasteiger charge is 2.27. The first kappa shape index (κ1) is 16.8. The van der Waals surface area contributed by atoms with Gasteiger partial charge in [0, 0.05) is 0 Å². The summed E-state index contributed by atoms with van der Waals surface area (Å²) in [4.78, 5) is 24.2. The average molecular weight is 316 g/mol. The van der Waals surface area contributed by atoms with Gasteiger partial charge in [0.05, 0.1) is 6.26 Å². The van der Waals surface area contributed by atoms with Crippen molar-refractivity contribution in [2.75, 3.05) is 0 Å². The van der Waals surface area contributed by atoms with Crippen LogP contribution in [0.1, 0.15) is 36.4 Å². The van der Waals surface area contributed by atoms with Crippen molar-refractivity contribution in [1.82, 2.24) is 0 Å². The molecule has 0 unspecified atom stereocenters. The third-order valence-corrected chi connectivity index (χ3v) is 3.14. The van der Waals surface area contributed by atoms with E-state index in [-0.39, 0.29) is 18.3 Å². The highest BCUT2D eigenvalue weighted by Crippen LogP contribution is 2.14. The minimum atomic E-state index is -0.948. The minimum absolute atomic E-state index is 0.0645. The van der Waals surface area contributed by atoms with Crippen LogP contribution in [0.25, 0.3) is 0 Å². The topological polar surface area (TPSA) is 65.7 Å². The Morgan fingerprint density at radius 1 is 1.09 bits per heavy atom. The molecule has 1 aromatic carbocycles. The van der Waals surface area contributed by atoms with E-state index >= 15 is 0 Å². The van der Waals surface area contributed by atoms with Gasteiger partial charge in [0.1, 0.15) is 6.61 Å². The maximum absolute atomic E-state index is 12.2. The normalized spacial score (nSPS) is 12.0. The van der Waals surface area contributed by atoms with Crippen molar-refractivity contribution >= 4 is 11.9 Å². The molecule has 5 nitrogen and oxygen atoms in total. The average Bonchev–Trinajstić information content (AvgIpc) is 3.07. The van der Waals surface area contributed by atoms with Crippen molar-refractivity contribution in [2.24, 2.45) is 5.92 Å². The number of furan rings is 1. The zero-order valence-corrected chi connectivity index (χ0v) is 13.2. The third-order valence-electron chi connectivity index (χ3n) is 3.14. The lowest BCUT2D eigenvalue weighted by Gasteiger charge is -2.18. The molecule has 0 bridgehead atoms. The van der Waals surface area contributed by atoms with Crippen LogP contribution in [0.4, 0.5) is 0 Å². The van der Waals surface area contributed by atoms with Gasteiger partial charge in [-0.15, -0.1) is 0 Å². The van der Waals surface area contributed by atoms with Gasteiger partial charge in [-0.25, -0.2) is 9.59 Å². The molecule has 1 atom stereocenters. The van der Waals surface area contributed by atoms with E-state index < -0.39 is 18.0 Å². The van der Waals surface area contributed by atoms with Crippen molar-refractivity contribution in [2.45, 2.75) is 33.0 Å². The molecule has 1 aromatic heterocycles. The van der Waals surface area contributed by atoms with Crippen molar-refractivity contribution in [1.29, 1.82) is 0 Å². The van der Waals surface area contributed by atoms with Crippen LogP contribution in [0, 0.1) is 5.92 Å². The fourth-order valence-electron chi connectivity index (χ4n) is 2.02. The zero-order chi connectivity index (χ0) is 16.7. The predicted octanol–water partition coefficient (Wildman–Crippen LogP) is 3.59. The summed E-state index contributed by atoms with van der Waals surface area (Å²) < 4.78 is 15.5. The van der Waals surface area contributed by atoms with Crippen LogP contribution in [0.2, 0.25) is 0 Å².